The number of hydrogen-bond donors (Lipinski definition) is 1. The summed E-state index contributed by atoms with van der Waals surface area (Å²) in [4.78, 5) is 4.01. The first-order valence-electron chi connectivity index (χ1n) is 5.42. The molecule has 1 N–H and O–H groups in total. The van der Waals surface area contributed by atoms with Crippen LogP contribution in [0.3, 0.4) is 0 Å². The maximum atomic E-state index is 12.7. The Morgan fingerprint density at radius 1 is 1.47 bits per heavy atom. The van der Waals surface area contributed by atoms with Crippen LogP contribution in [0.2, 0.25) is 0 Å². The highest BCUT2D eigenvalue weighted by Crippen LogP contribution is 2.10. The Morgan fingerprint density at radius 2 is 2.29 bits per heavy atom. The second kappa shape index (κ2) is 5.05. The summed E-state index contributed by atoms with van der Waals surface area (Å²) in [5.74, 6) is 0.461. The maximum Gasteiger partial charge on any atom is 0.141 e. The lowest BCUT2D eigenvalue weighted by atomic mass is 10.2. The van der Waals surface area contributed by atoms with E-state index < -0.39 is 0 Å². The van der Waals surface area contributed by atoms with Gasteiger partial charge in [-0.1, -0.05) is 5.16 Å². The van der Waals surface area contributed by atoms with Gasteiger partial charge in [0.15, 0.2) is 0 Å². The third kappa shape index (κ3) is 3.10. The monoisotopic (exact) mass is 235 g/mol. The number of aryl methyl sites for hydroxylation is 1. The van der Waals surface area contributed by atoms with Crippen LogP contribution in [0.15, 0.2) is 28.9 Å². The SMILES string of the molecule is Cc1cc(CNC(C)c2ccc(F)cn2)no1. The number of pyridine rings is 1. The molecule has 5 heteroatoms. The fraction of sp³-hybridized carbons (Fsp3) is 0.333. The van der Waals surface area contributed by atoms with Gasteiger partial charge in [0.25, 0.3) is 0 Å². The molecule has 0 bridgehead atoms. The van der Waals surface area contributed by atoms with Crippen LogP contribution in [0.4, 0.5) is 4.39 Å². The van der Waals surface area contributed by atoms with Crippen LogP contribution in [0, 0.1) is 12.7 Å². The minimum atomic E-state index is -0.326. The van der Waals surface area contributed by atoms with Gasteiger partial charge in [-0.05, 0) is 26.0 Å². The van der Waals surface area contributed by atoms with Crippen molar-refractivity contribution in [3.63, 3.8) is 0 Å². The summed E-state index contributed by atoms with van der Waals surface area (Å²) in [6.45, 7) is 4.41. The van der Waals surface area contributed by atoms with Crippen LogP contribution in [-0.2, 0) is 6.54 Å². The summed E-state index contributed by atoms with van der Waals surface area (Å²) in [6.07, 6.45) is 1.22. The second-order valence-corrected chi connectivity index (χ2v) is 3.93. The smallest absolute Gasteiger partial charge is 0.141 e. The molecular formula is C12H14FN3O. The van der Waals surface area contributed by atoms with Crippen LogP contribution < -0.4 is 5.32 Å². The number of aromatic nitrogens is 2. The van der Waals surface area contributed by atoms with Crippen LogP contribution >= 0.6 is 0 Å². The molecule has 0 aliphatic heterocycles. The average Bonchev–Trinajstić information content (AvgIpc) is 2.73. The Labute approximate surface area is 98.8 Å². The van der Waals surface area contributed by atoms with Crippen molar-refractivity contribution < 1.29 is 8.91 Å². The zero-order valence-electron chi connectivity index (χ0n) is 9.77. The first-order chi connectivity index (χ1) is 8.15. The molecule has 2 rings (SSSR count). The fourth-order valence-corrected chi connectivity index (χ4v) is 1.51. The molecule has 0 aliphatic rings. The van der Waals surface area contributed by atoms with Gasteiger partial charge >= 0.3 is 0 Å². The van der Waals surface area contributed by atoms with Crippen molar-refractivity contribution in [3.05, 3.63) is 47.4 Å². The van der Waals surface area contributed by atoms with Gasteiger partial charge in [0.05, 0.1) is 17.6 Å². The number of nitrogens with one attached hydrogen (secondary N) is 1. The molecular weight excluding hydrogens is 221 g/mol. The quantitative estimate of drug-likeness (QED) is 0.883. The molecule has 2 aromatic heterocycles. The van der Waals surface area contributed by atoms with E-state index >= 15 is 0 Å². The van der Waals surface area contributed by atoms with E-state index in [-0.39, 0.29) is 11.9 Å². The molecule has 0 saturated carbocycles. The van der Waals surface area contributed by atoms with E-state index in [0.29, 0.717) is 6.54 Å². The Morgan fingerprint density at radius 3 is 2.88 bits per heavy atom. The zero-order chi connectivity index (χ0) is 12.3. The molecule has 90 valence electrons. The highest BCUT2D eigenvalue weighted by Gasteiger charge is 2.07. The van der Waals surface area contributed by atoms with Crippen molar-refractivity contribution in [3.8, 4) is 0 Å². The Balaban J connectivity index is 1.93. The van der Waals surface area contributed by atoms with E-state index in [0.717, 1.165) is 17.1 Å². The van der Waals surface area contributed by atoms with Gasteiger partial charge in [0.1, 0.15) is 11.6 Å². The second-order valence-electron chi connectivity index (χ2n) is 3.93. The largest absolute Gasteiger partial charge is 0.361 e. The van der Waals surface area contributed by atoms with Gasteiger partial charge in [0.2, 0.25) is 0 Å². The molecule has 0 aliphatic carbocycles. The highest BCUT2D eigenvalue weighted by atomic mass is 19.1. The van der Waals surface area contributed by atoms with E-state index in [4.69, 9.17) is 4.52 Å². The van der Waals surface area contributed by atoms with Crippen molar-refractivity contribution in [2.75, 3.05) is 0 Å². The molecule has 17 heavy (non-hydrogen) atoms. The van der Waals surface area contributed by atoms with E-state index in [1.54, 1.807) is 6.07 Å². The molecule has 0 saturated heterocycles. The molecule has 1 unspecified atom stereocenters. The summed E-state index contributed by atoms with van der Waals surface area (Å²) >= 11 is 0. The predicted octanol–water partition coefficient (Wildman–Crippen LogP) is 2.37. The molecule has 0 radical (unpaired) electrons. The molecule has 0 spiro atoms. The summed E-state index contributed by atoms with van der Waals surface area (Å²) in [6, 6.07) is 4.98. The first kappa shape index (κ1) is 11.7. The van der Waals surface area contributed by atoms with Gasteiger partial charge in [-0.2, -0.15) is 0 Å². The lowest BCUT2D eigenvalue weighted by Crippen LogP contribution is -2.19. The van der Waals surface area contributed by atoms with Crippen molar-refractivity contribution >= 4 is 0 Å². The molecule has 2 heterocycles. The summed E-state index contributed by atoms with van der Waals surface area (Å²) in [7, 11) is 0. The van der Waals surface area contributed by atoms with Gasteiger partial charge in [-0.3, -0.25) is 4.98 Å². The lowest BCUT2D eigenvalue weighted by molar-refractivity contribution is 0.386. The van der Waals surface area contributed by atoms with Crippen LogP contribution in [0.1, 0.15) is 30.1 Å². The van der Waals surface area contributed by atoms with Crippen LogP contribution in [0.5, 0.6) is 0 Å². The Bertz CT molecular complexity index is 481. The van der Waals surface area contributed by atoms with Crippen LogP contribution in [0.25, 0.3) is 0 Å². The van der Waals surface area contributed by atoms with E-state index in [9.17, 15) is 4.39 Å². The molecule has 0 amide bonds. The number of rotatable bonds is 4. The van der Waals surface area contributed by atoms with Crippen molar-refractivity contribution in [1.82, 2.24) is 15.5 Å². The van der Waals surface area contributed by atoms with Gasteiger partial charge in [0, 0.05) is 18.7 Å². The molecule has 0 fully saturated rings. The van der Waals surface area contributed by atoms with Gasteiger partial charge in [-0.25, -0.2) is 4.39 Å². The predicted molar refractivity (Wildman–Crippen MR) is 60.7 cm³/mol. The number of halogens is 1. The zero-order valence-corrected chi connectivity index (χ0v) is 9.77. The average molecular weight is 235 g/mol. The third-order valence-corrected chi connectivity index (χ3v) is 2.46. The number of nitrogens with zero attached hydrogens (tertiary/aromatic N) is 2. The van der Waals surface area contributed by atoms with Crippen molar-refractivity contribution in [2.24, 2.45) is 0 Å². The summed E-state index contributed by atoms with van der Waals surface area (Å²) in [5.41, 5.74) is 1.64. The topological polar surface area (TPSA) is 51.0 Å². The molecule has 1 atom stereocenters. The molecule has 2 aromatic rings. The van der Waals surface area contributed by atoms with E-state index in [2.05, 4.69) is 15.5 Å². The van der Waals surface area contributed by atoms with Gasteiger partial charge in [-0.15, -0.1) is 0 Å². The fourth-order valence-electron chi connectivity index (χ4n) is 1.51. The summed E-state index contributed by atoms with van der Waals surface area (Å²) < 4.78 is 17.7. The van der Waals surface area contributed by atoms with Gasteiger partial charge < -0.3 is 9.84 Å². The molecule has 0 aromatic carbocycles. The van der Waals surface area contributed by atoms with E-state index in [1.165, 1.54) is 12.3 Å². The lowest BCUT2D eigenvalue weighted by Gasteiger charge is -2.11. The van der Waals surface area contributed by atoms with Crippen LogP contribution in [-0.4, -0.2) is 10.1 Å². The van der Waals surface area contributed by atoms with Crippen molar-refractivity contribution in [1.29, 1.82) is 0 Å². The molecule has 4 nitrogen and oxygen atoms in total. The van der Waals surface area contributed by atoms with Crippen molar-refractivity contribution in [2.45, 2.75) is 26.4 Å². The minimum Gasteiger partial charge on any atom is -0.361 e. The normalized spacial score (nSPS) is 12.6. The summed E-state index contributed by atoms with van der Waals surface area (Å²) in [5, 5.41) is 7.12. The maximum absolute atomic E-state index is 12.7. The number of hydrogen-bond acceptors (Lipinski definition) is 4. The van der Waals surface area contributed by atoms with E-state index in [1.807, 2.05) is 19.9 Å². The minimum absolute atomic E-state index is 0.0348. The first-order valence-corrected chi connectivity index (χ1v) is 5.42. The standard InChI is InChI=1S/C12H14FN3O/c1-8-5-11(16-17-8)7-14-9(2)12-4-3-10(13)6-15-12/h3-6,9,14H,7H2,1-2H3. The highest BCUT2D eigenvalue weighted by molar-refractivity contribution is 5.10. The Hall–Kier alpha value is -1.75. The Kier molecular flexibility index (Phi) is 3.49. The third-order valence-electron chi connectivity index (χ3n) is 2.46.